The second-order valence-corrected chi connectivity index (χ2v) is 8.15. The Kier molecular flexibility index (Phi) is 5.03. The average molecular weight is 416 g/mol. The highest BCUT2D eigenvalue weighted by Gasteiger charge is 2.50. The molecule has 2 unspecified atom stereocenters. The second kappa shape index (κ2) is 7.48. The third-order valence-electron chi connectivity index (χ3n) is 5.19. The standard InChI is InChI=1S/C20H18ClN3O3S/c1-11(24-18(26)12-6-2-3-7-13(12)19(24)27)17(25)23-20-22-16(10-28-20)14-8-4-5-9-15(14)21/h2-5,8-13H,6-7H2,1H3,(H,22,23,25)/t11-,12?,13?/m0/s1. The van der Waals surface area contributed by atoms with Crippen LogP contribution < -0.4 is 5.32 Å². The third kappa shape index (κ3) is 3.25. The summed E-state index contributed by atoms with van der Waals surface area (Å²) in [6, 6.07) is 6.43. The number of imide groups is 1. The van der Waals surface area contributed by atoms with Crippen LogP contribution in [0.4, 0.5) is 5.13 Å². The van der Waals surface area contributed by atoms with Crippen molar-refractivity contribution in [2.75, 3.05) is 5.32 Å². The van der Waals surface area contributed by atoms with Gasteiger partial charge in [-0.3, -0.25) is 19.3 Å². The van der Waals surface area contributed by atoms with Gasteiger partial charge in [0, 0.05) is 16.0 Å². The Bertz CT molecular complexity index is 961. The van der Waals surface area contributed by atoms with Gasteiger partial charge < -0.3 is 5.32 Å². The Morgan fingerprint density at radius 1 is 1.21 bits per heavy atom. The Balaban J connectivity index is 1.48. The Morgan fingerprint density at radius 3 is 2.50 bits per heavy atom. The summed E-state index contributed by atoms with van der Waals surface area (Å²) >= 11 is 7.46. The summed E-state index contributed by atoms with van der Waals surface area (Å²) < 4.78 is 0. The molecular formula is C20H18ClN3O3S. The predicted molar refractivity (Wildman–Crippen MR) is 108 cm³/mol. The van der Waals surface area contributed by atoms with Gasteiger partial charge in [0.1, 0.15) is 6.04 Å². The Morgan fingerprint density at radius 2 is 1.86 bits per heavy atom. The van der Waals surface area contributed by atoms with Gasteiger partial charge >= 0.3 is 0 Å². The zero-order valence-corrected chi connectivity index (χ0v) is 16.7. The van der Waals surface area contributed by atoms with Crippen molar-refractivity contribution in [3.63, 3.8) is 0 Å². The molecule has 1 aromatic carbocycles. The van der Waals surface area contributed by atoms with Crippen molar-refractivity contribution >= 4 is 45.8 Å². The van der Waals surface area contributed by atoms with Gasteiger partial charge in [0.15, 0.2) is 5.13 Å². The molecule has 3 atom stereocenters. The second-order valence-electron chi connectivity index (χ2n) is 6.89. The quantitative estimate of drug-likeness (QED) is 0.609. The average Bonchev–Trinajstić information content (AvgIpc) is 3.25. The molecular weight excluding hydrogens is 398 g/mol. The minimum atomic E-state index is -0.890. The summed E-state index contributed by atoms with van der Waals surface area (Å²) in [7, 11) is 0. The number of carbonyl (C=O) groups excluding carboxylic acids is 3. The number of allylic oxidation sites excluding steroid dienone is 2. The van der Waals surface area contributed by atoms with Crippen LogP contribution in [-0.4, -0.2) is 33.6 Å². The molecule has 1 fully saturated rings. The molecule has 0 radical (unpaired) electrons. The number of amides is 3. The van der Waals surface area contributed by atoms with E-state index in [1.807, 2.05) is 30.4 Å². The van der Waals surface area contributed by atoms with E-state index in [0.29, 0.717) is 28.7 Å². The van der Waals surface area contributed by atoms with Gasteiger partial charge in [0.25, 0.3) is 0 Å². The molecule has 2 heterocycles. The van der Waals surface area contributed by atoms with Gasteiger partial charge in [-0.2, -0.15) is 0 Å². The molecule has 1 aliphatic carbocycles. The van der Waals surface area contributed by atoms with Gasteiger partial charge in [-0.1, -0.05) is 42.0 Å². The number of aromatic nitrogens is 1. The Hall–Kier alpha value is -2.51. The number of fused-ring (bicyclic) bond motifs is 1. The van der Waals surface area contributed by atoms with Crippen LogP contribution in [0.1, 0.15) is 19.8 Å². The van der Waals surface area contributed by atoms with Crippen molar-refractivity contribution in [2.45, 2.75) is 25.8 Å². The van der Waals surface area contributed by atoms with E-state index in [0.717, 1.165) is 10.5 Å². The van der Waals surface area contributed by atoms with E-state index in [4.69, 9.17) is 11.6 Å². The van der Waals surface area contributed by atoms with Gasteiger partial charge in [0.2, 0.25) is 17.7 Å². The van der Waals surface area contributed by atoms with Crippen LogP contribution in [0.25, 0.3) is 11.3 Å². The molecule has 28 heavy (non-hydrogen) atoms. The normalized spacial score (nSPS) is 22.3. The number of nitrogens with zero attached hydrogens (tertiary/aromatic N) is 2. The zero-order valence-electron chi connectivity index (χ0n) is 15.1. The lowest BCUT2D eigenvalue weighted by molar-refractivity contribution is -0.146. The van der Waals surface area contributed by atoms with Gasteiger partial charge in [0.05, 0.1) is 17.5 Å². The molecule has 1 saturated heterocycles. The molecule has 0 saturated carbocycles. The van der Waals surface area contributed by atoms with E-state index in [1.54, 1.807) is 18.4 Å². The molecule has 1 aromatic heterocycles. The maximum absolute atomic E-state index is 12.7. The predicted octanol–water partition coefficient (Wildman–Crippen LogP) is 3.74. The Labute approximate surface area is 171 Å². The lowest BCUT2D eigenvalue weighted by Gasteiger charge is -2.21. The SMILES string of the molecule is C[C@@H](C(=O)Nc1nc(-c2ccccc2Cl)cs1)N1C(=O)C2CC=CCC2C1=O. The number of benzene rings is 1. The third-order valence-corrected chi connectivity index (χ3v) is 6.28. The van der Waals surface area contributed by atoms with Crippen LogP contribution in [0, 0.1) is 11.8 Å². The number of nitrogens with one attached hydrogen (secondary N) is 1. The summed E-state index contributed by atoms with van der Waals surface area (Å²) in [5.74, 6) is -1.66. The fraction of sp³-hybridized carbons (Fsp3) is 0.300. The summed E-state index contributed by atoms with van der Waals surface area (Å²) in [6.45, 7) is 1.57. The lowest BCUT2D eigenvalue weighted by atomic mass is 9.85. The molecule has 1 aliphatic heterocycles. The van der Waals surface area contributed by atoms with Crippen LogP contribution in [0.3, 0.4) is 0 Å². The minimum Gasteiger partial charge on any atom is -0.300 e. The summed E-state index contributed by atoms with van der Waals surface area (Å²) in [5, 5.41) is 5.48. The van der Waals surface area contributed by atoms with Gasteiger partial charge in [-0.15, -0.1) is 11.3 Å². The molecule has 6 nitrogen and oxygen atoms in total. The molecule has 3 amide bonds. The molecule has 0 spiro atoms. The van der Waals surface area contributed by atoms with Crippen molar-refractivity contribution in [1.29, 1.82) is 0 Å². The van der Waals surface area contributed by atoms with Crippen LogP contribution >= 0.6 is 22.9 Å². The van der Waals surface area contributed by atoms with E-state index < -0.39 is 11.9 Å². The van der Waals surface area contributed by atoms with E-state index >= 15 is 0 Å². The molecule has 8 heteroatoms. The van der Waals surface area contributed by atoms with Crippen LogP contribution in [0.2, 0.25) is 5.02 Å². The number of carbonyl (C=O) groups is 3. The van der Waals surface area contributed by atoms with Crippen LogP contribution in [0.5, 0.6) is 0 Å². The van der Waals surface area contributed by atoms with E-state index in [2.05, 4.69) is 10.3 Å². The number of halogens is 1. The molecule has 144 valence electrons. The number of hydrogen-bond acceptors (Lipinski definition) is 5. The number of hydrogen-bond donors (Lipinski definition) is 1. The van der Waals surface area contributed by atoms with E-state index in [9.17, 15) is 14.4 Å². The van der Waals surface area contributed by atoms with Gasteiger partial charge in [-0.05, 0) is 25.8 Å². The van der Waals surface area contributed by atoms with Crippen molar-refractivity contribution in [3.8, 4) is 11.3 Å². The first kappa shape index (κ1) is 18.8. The fourth-order valence-corrected chi connectivity index (χ4v) is 4.60. The lowest BCUT2D eigenvalue weighted by Crippen LogP contribution is -2.46. The molecule has 4 rings (SSSR count). The van der Waals surface area contributed by atoms with Crippen LogP contribution in [0.15, 0.2) is 41.8 Å². The van der Waals surface area contributed by atoms with Crippen molar-refractivity contribution in [3.05, 3.63) is 46.8 Å². The summed E-state index contributed by atoms with van der Waals surface area (Å²) in [5.41, 5.74) is 1.43. The molecule has 2 aromatic rings. The highest BCUT2D eigenvalue weighted by Crippen LogP contribution is 2.36. The number of thiazole rings is 1. The summed E-state index contributed by atoms with van der Waals surface area (Å²) in [6.07, 6.45) is 4.94. The highest BCUT2D eigenvalue weighted by molar-refractivity contribution is 7.14. The number of likely N-dealkylation sites (tertiary alicyclic amines) is 1. The minimum absolute atomic E-state index is 0.266. The van der Waals surface area contributed by atoms with Crippen molar-refractivity contribution in [2.24, 2.45) is 11.8 Å². The monoisotopic (exact) mass is 415 g/mol. The topological polar surface area (TPSA) is 79.4 Å². The van der Waals surface area contributed by atoms with E-state index in [-0.39, 0.29) is 23.7 Å². The molecule has 2 aliphatic rings. The maximum atomic E-state index is 12.7. The number of anilines is 1. The molecule has 1 N–H and O–H groups in total. The van der Waals surface area contributed by atoms with Gasteiger partial charge in [-0.25, -0.2) is 4.98 Å². The highest BCUT2D eigenvalue weighted by atomic mass is 35.5. The zero-order chi connectivity index (χ0) is 19.8. The van der Waals surface area contributed by atoms with Crippen molar-refractivity contribution < 1.29 is 14.4 Å². The first-order valence-corrected chi connectivity index (χ1v) is 10.3. The maximum Gasteiger partial charge on any atom is 0.249 e. The number of rotatable bonds is 4. The molecule has 0 bridgehead atoms. The first-order chi connectivity index (χ1) is 13.5. The van der Waals surface area contributed by atoms with Crippen molar-refractivity contribution in [1.82, 2.24) is 9.88 Å². The van der Waals surface area contributed by atoms with E-state index in [1.165, 1.54) is 11.3 Å². The summed E-state index contributed by atoms with van der Waals surface area (Å²) in [4.78, 5) is 43.5. The first-order valence-electron chi connectivity index (χ1n) is 9.00. The smallest absolute Gasteiger partial charge is 0.249 e. The largest absolute Gasteiger partial charge is 0.300 e. The fourth-order valence-electron chi connectivity index (χ4n) is 3.66. The van der Waals surface area contributed by atoms with Crippen LogP contribution in [-0.2, 0) is 14.4 Å².